The van der Waals surface area contributed by atoms with Crippen molar-refractivity contribution in [2.75, 3.05) is 11.9 Å². The molecule has 1 amide bonds. The van der Waals surface area contributed by atoms with Crippen molar-refractivity contribution in [3.8, 4) is 22.9 Å². The first-order valence-corrected chi connectivity index (χ1v) is 9.86. The van der Waals surface area contributed by atoms with E-state index in [0.717, 1.165) is 17.7 Å². The second-order valence-electron chi connectivity index (χ2n) is 7.09. The maximum atomic E-state index is 13.0. The van der Waals surface area contributed by atoms with Gasteiger partial charge in [0.05, 0.1) is 12.3 Å². The molecule has 7 nitrogen and oxygen atoms in total. The molecule has 0 radical (unpaired) electrons. The number of hydrogen-bond acceptors (Lipinski definition) is 6. The average molecular weight is 411 g/mol. The number of fused-ring (bicyclic) bond motifs is 1. The summed E-state index contributed by atoms with van der Waals surface area (Å²) in [6, 6.07) is 9.53. The Morgan fingerprint density at radius 1 is 1.30 bits per heavy atom. The van der Waals surface area contributed by atoms with Crippen molar-refractivity contribution in [1.29, 1.82) is 0 Å². The molecule has 30 heavy (non-hydrogen) atoms. The Morgan fingerprint density at radius 2 is 2.10 bits per heavy atom. The van der Waals surface area contributed by atoms with Crippen molar-refractivity contribution in [1.82, 2.24) is 10.1 Å². The van der Waals surface area contributed by atoms with Gasteiger partial charge in [-0.05, 0) is 44.2 Å². The van der Waals surface area contributed by atoms with E-state index in [1.54, 1.807) is 18.2 Å². The normalized spacial score (nSPS) is 14.8. The van der Waals surface area contributed by atoms with Gasteiger partial charge < -0.3 is 19.3 Å². The van der Waals surface area contributed by atoms with E-state index >= 15 is 0 Å². The molecule has 8 heteroatoms. The molecule has 0 spiro atoms. The summed E-state index contributed by atoms with van der Waals surface area (Å²) in [5, 5.41) is 6.77. The Bertz CT molecular complexity index is 1050. The van der Waals surface area contributed by atoms with E-state index in [1.165, 1.54) is 12.1 Å². The highest BCUT2D eigenvalue weighted by Crippen LogP contribution is 2.38. The number of amides is 1. The van der Waals surface area contributed by atoms with Crippen LogP contribution in [0.1, 0.15) is 31.7 Å². The number of benzene rings is 2. The van der Waals surface area contributed by atoms with Gasteiger partial charge in [0.2, 0.25) is 17.6 Å². The summed E-state index contributed by atoms with van der Waals surface area (Å²) < 4.78 is 29.7. The van der Waals surface area contributed by atoms with Gasteiger partial charge in [-0.15, -0.1) is 0 Å². The van der Waals surface area contributed by atoms with Gasteiger partial charge >= 0.3 is 0 Å². The number of ether oxygens (including phenoxy) is 2. The molecular formula is C22H22FN3O4. The molecule has 0 saturated carbocycles. The third-order valence-electron chi connectivity index (χ3n) is 4.71. The number of rotatable bonds is 7. The van der Waals surface area contributed by atoms with Crippen LogP contribution in [0.2, 0.25) is 0 Å². The van der Waals surface area contributed by atoms with Gasteiger partial charge in [-0.3, -0.25) is 4.79 Å². The van der Waals surface area contributed by atoms with E-state index in [4.69, 9.17) is 14.0 Å². The van der Waals surface area contributed by atoms with Gasteiger partial charge in [-0.25, -0.2) is 4.39 Å². The fourth-order valence-corrected chi connectivity index (χ4v) is 3.32. The van der Waals surface area contributed by atoms with Crippen LogP contribution in [0.4, 0.5) is 10.1 Å². The molecule has 1 atom stereocenters. The second-order valence-corrected chi connectivity index (χ2v) is 7.09. The minimum Gasteiger partial charge on any atom is -0.492 e. The highest BCUT2D eigenvalue weighted by molar-refractivity contribution is 5.92. The molecule has 156 valence electrons. The minimum atomic E-state index is -0.336. The van der Waals surface area contributed by atoms with E-state index < -0.39 is 0 Å². The summed E-state index contributed by atoms with van der Waals surface area (Å²) >= 11 is 0. The topological polar surface area (TPSA) is 86.5 Å². The largest absolute Gasteiger partial charge is 0.492 e. The standard InChI is InChI=1S/C22H22FN3O4/c1-3-28-19-11-15-10-13(2)29-18(15)12-17(19)24-20(27)8-9-21-25-22(26-30-21)14-4-6-16(23)7-5-14/h4-7,11-13H,3,8-10H2,1-2H3,(H,24,27)/t13-/m0/s1. The molecule has 0 fully saturated rings. The minimum absolute atomic E-state index is 0.105. The van der Waals surface area contributed by atoms with Crippen LogP contribution in [-0.4, -0.2) is 28.8 Å². The zero-order valence-corrected chi connectivity index (χ0v) is 16.8. The molecule has 0 aliphatic carbocycles. The molecule has 0 unspecified atom stereocenters. The number of aromatic nitrogens is 2. The molecule has 0 bridgehead atoms. The van der Waals surface area contributed by atoms with Gasteiger partial charge in [0.25, 0.3) is 0 Å². The Hall–Kier alpha value is -3.42. The predicted molar refractivity (Wildman–Crippen MR) is 108 cm³/mol. The third-order valence-corrected chi connectivity index (χ3v) is 4.71. The van der Waals surface area contributed by atoms with Crippen LogP contribution < -0.4 is 14.8 Å². The number of aryl methyl sites for hydroxylation is 1. The van der Waals surface area contributed by atoms with E-state index in [-0.39, 0.29) is 30.7 Å². The summed E-state index contributed by atoms with van der Waals surface area (Å²) in [7, 11) is 0. The smallest absolute Gasteiger partial charge is 0.227 e. The van der Waals surface area contributed by atoms with Crippen molar-refractivity contribution in [3.63, 3.8) is 0 Å². The number of carbonyl (C=O) groups is 1. The van der Waals surface area contributed by atoms with Crippen LogP contribution in [0.15, 0.2) is 40.9 Å². The van der Waals surface area contributed by atoms with E-state index in [0.29, 0.717) is 35.3 Å². The molecule has 0 saturated heterocycles. The van der Waals surface area contributed by atoms with Crippen LogP contribution >= 0.6 is 0 Å². The van der Waals surface area contributed by atoms with E-state index in [1.807, 2.05) is 19.9 Å². The lowest BCUT2D eigenvalue weighted by molar-refractivity contribution is -0.116. The van der Waals surface area contributed by atoms with Crippen molar-refractivity contribution >= 4 is 11.6 Å². The summed E-state index contributed by atoms with van der Waals surface area (Å²) in [6.07, 6.45) is 1.36. The Kier molecular flexibility index (Phi) is 5.65. The van der Waals surface area contributed by atoms with Crippen LogP contribution in [0, 0.1) is 5.82 Å². The molecule has 1 N–H and O–H groups in total. The summed E-state index contributed by atoms with van der Waals surface area (Å²) in [5.41, 5.74) is 2.29. The Balaban J connectivity index is 1.40. The lowest BCUT2D eigenvalue weighted by atomic mass is 10.1. The van der Waals surface area contributed by atoms with E-state index in [9.17, 15) is 9.18 Å². The number of carbonyl (C=O) groups excluding carboxylic acids is 1. The quantitative estimate of drug-likeness (QED) is 0.628. The Labute approximate surface area is 173 Å². The fraction of sp³-hybridized carbons (Fsp3) is 0.318. The number of hydrogen-bond donors (Lipinski definition) is 1. The first-order chi connectivity index (χ1) is 14.5. The molecule has 3 aromatic rings. The molecular weight excluding hydrogens is 389 g/mol. The van der Waals surface area contributed by atoms with Crippen molar-refractivity contribution in [2.24, 2.45) is 0 Å². The van der Waals surface area contributed by atoms with Crippen LogP contribution in [0.25, 0.3) is 11.4 Å². The van der Waals surface area contributed by atoms with Crippen LogP contribution in [0.5, 0.6) is 11.5 Å². The maximum absolute atomic E-state index is 13.0. The second kappa shape index (κ2) is 8.52. The lowest BCUT2D eigenvalue weighted by Gasteiger charge is -2.13. The molecule has 1 aromatic heterocycles. The molecule has 1 aliphatic heterocycles. The van der Waals surface area contributed by atoms with Crippen LogP contribution in [0.3, 0.4) is 0 Å². The first kappa shape index (κ1) is 19.9. The predicted octanol–water partition coefficient (Wildman–Crippen LogP) is 4.17. The SMILES string of the molecule is CCOc1cc2c(cc1NC(=O)CCc1nc(-c3ccc(F)cc3)no1)O[C@@H](C)C2. The average Bonchev–Trinajstić information content (AvgIpc) is 3.33. The van der Waals surface area contributed by atoms with Crippen molar-refractivity contribution in [3.05, 3.63) is 53.7 Å². The zero-order valence-electron chi connectivity index (χ0n) is 16.8. The van der Waals surface area contributed by atoms with Gasteiger partial charge in [0.15, 0.2) is 0 Å². The highest BCUT2D eigenvalue weighted by Gasteiger charge is 2.22. The van der Waals surface area contributed by atoms with Crippen LogP contribution in [-0.2, 0) is 17.6 Å². The molecule has 2 heterocycles. The fourth-order valence-electron chi connectivity index (χ4n) is 3.32. The van der Waals surface area contributed by atoms with Crippen molar-refractivity contribution < 1.29 is 23.2 Å². The monoisotopic (exact) mass is 411 g/mol. The molecule has 4 rings (SSSR count). The van der Waals surface area contributed by atoms with Gasteiger partial charge in [-0.1, -0.05) is 5.16 Å². The third kappa shape index (κ3) is 4.42. The lowest BCUT2D eigenvalue weighted by Crippen LogP contribution is -2.13. The highest BCUT2D eigenvalue weighted by atomic mass is 19.1. The summed E-state index contributed by atoms with van der Waals surface area (Å²) in [6.45, 7) is 4.39. The number of nitrogens with one attached hydrogen (secondary N) is 1. The summed E-state index contributed by atoms with van der Waals surface area (Å²) in [5.74, 6) is 1.54. The number of nitrogens with zero attached hydrogens (tertiary/aromatic N) is 2. The number of anilines is 1. The number of halogens is 1. The summed E-state index contributed by atoms with van der Waals surface area (Å²) in [4.78, 5) is 16.7. The Morgan fingerprint density at radius 3 is 2.87 bits per heavy atom. The van der Waals surface area contributed by atoms with Crippen molar-refractivity contribution in [2.45, 2.75) is 39.2 Å². The van der Waals surface area contributed by atoms with Gasteiger partial charge in [0.1, 0.15) is 23.4 Å². The molecule has 2 aromatic carbocycles. The maximum Gasteiger partial charge on any atom is 0.227 e. The van der Waals surface area contributed by atoms with E-state index in [2.05, 4.69) is 15.5 Å². The van der Waals surface area contributed by atoms with Gasteiger partial charge in [-0.2, -0.15) is 4.98 Å². The molecule has 1 aliphatic rings. The zero-order chi connectivity index (χ0) is 21.1. The first-order valence-electron chi connectivity index (χ1n) is 9.86. The van der Waals surface area contributed by atoms with Gasteiger partial charge in [0, 0.05) is 36.5 Å².